The van der Waals surface area contributed by atoms with E-state index < -0.39 is 0 Å². The van der Waals surface area contributed by atoms with Crippen LogP contribution in [0.2, 0.25) is 0 Å². The maximum atomic E-state index is 13.0. The van der Waals surface area contributed by atoms with E-state index in [1.807, 2.05) is 29.2 Å². The monoisotopic (exact) mass is 433 g/mol. The second kappa shape index (κ2) is 5.75. The van der Waals surface area contributed by atoms with E-state index in [1.54, 1.807) is 0 Å². The van der Waals surface area contributed by atoms with Gasteiger partial charge in [-0.15, -0.1) is 0 Å². The number of halogens is 2. The molecule has 2 fully saturated rings. The molecule has 1 aliphatic heterocycles. The Morgan fingerprint density at radius 1 is 0.870 bits per heavy atom. The fourth-order valence-corrected chi connectivity index (χ4v) is 4.66. The second-order valence-electron chi connectivity index (χ2n) is 6.47. The van der Waals surface area contributed by atoms with Crippen molar-refractivity contribution in [2.75, 3.05) is 4.90 Å². The Kier molecular flexibility index (Phi) is 3.85. The van der Waals surface area contributed by atoms with Gasteiger partial charge >= 0.3 is 0 Å². The van der Waals surface area contributed by atoms with E-state index in [0.29, 0.717) is 5.91 Å². The largest absolute Gasteiger partial charge is 0.303 e. The van der Waals surface area contributed by atoms with Crippen LogP contribution in [0.1, 0.15) is 37.3 Å². The number of hydrogen-bond acceptors (Lipinski definition) is 1. The number of benzene rings is 2. The predicted molar refractivity (Wildman–Crippen MR) is 99.4 cm³/mol. The number of carbonyl (C=O) groups is 1. The third-order valence-electron chi connectivity index (χ3n) is 5.21. The lowest BCUT2D eigenvalue weighted by atomic mass is 9.66. The zero-order valence-corrected chi connectivity index (χ0v) is 15.8. The minimum atomic E-state index is -0.180. The van der Waals surface area contributed by atoms with E-state index >= 15 is 0 Å². The van der Waals surface area contributed by atoms with E-state index in [9.17, 15) is 4.79 Å². The molecule has 2 aromatic rings. The Hall–Kier alpha value is -1.13. The summed E-state index contributed by atoms with van der Waals surface area (Å²) in [4.78, 5) is 15.0. The summed E-state index contributed by atoms with van der Waals surface area (Å²) in [7, 11) is 0. The summed E-state index contributed by atoms with van der Waals surface area (Å²) in [5, 5.41) is 0. The number of nitrogens with zero attached hydrogens (tertiary/aromatic N) is 1. The van der Waals surface area contributed by atoms with E-state index in [-0.39, 0.29) is 11.5 Å². The van der Waals surface area contributed by atoms with Crippen LogP contribution in [0, 0.1) is 5.41 Å². The Bertz CT molecular complexity index is 733. The first kappa shape index (κ1) is 15.4. The normalized spacial score (nSPS) is 22.4. The molecule has 2 nitrogen and oxygen atoms in total. The highest BCUT2D eigenvalue weighted by molar-refractivity contribution is 9.10. The number of anilines is 1. The molecule has 23 heavy (non-hydrogen) atoms. The highest BCUT2D eigenvalue weighted by atomic mass is 79.9. The van der Waals surface area contributed by atoms with E-state index in [2.05, 4.69) is 56.1 Å². The summed E-state index contributed by atoms with van der Waals surface area (Å²) in [5.41, 5.74) is 2.04. The topological polar surface area (TPSA) is 20.3 Å². The van der Waals surface area contributed by atoms with Gasteiger partial charge in [0.15, 0.2) is 0 Å². The van der Waals surface area contributed by atoms with Gasteiger partial charge in [-0.25, -0.2) is 0 Å². The van der Waals surface area contributed by atoms with Crippen molar-refractivity contribution in [3.05, 3.63) is 63.0 Å². The van der Waals surface area contributed by atoms with Gasteiger partial charge < -0.3 is 4.90 Å². The summed E-state index contributed by atoms with van der Waals surface area (Å²) in [6.07, 6.45) is 4.35. The number of amides is 1. The lowest BCUT2D eigenvalue weighted by molar-refractivity contribution is -0.139. The summed E-state index contributed by atoms with van der Waals surface area (Å²) in [5.74, 6) is 0.297. The van der Waals surface area contributed by atoms with Gasteiger partial charge in [0.05, 0.1) is 11.5 Å². The van der Waals surface area contributed by atoms with Gasteiger partial charge in [0, 0.05) is 14.6 Å². The van der Waals surface area contributed by atoms with Crippen LogP contribution in [0.4, 0.5) is 5.69 Å². The fourth-order valence-electron chi connectivity index (χ4n) is 4.13. The average molecular weight is 435 g/mol. The van der Waals surface area contributed by atoms with Crippen molar-refractivity contribution in [3.8, 4) is 0 Å². The molecule has 2 aliphatic rings. The molecule has 0 radical (unpaired) electrons. The van der Waals surface area contributed by atoms with Gasteiger partial charge in [-0.3, -0.25) is 4.79 Å². The Balaban J connectivity index is 1.77. The summed E-state index contributed by atoms with van der Waals surface area (Å²) in [6.45, 7) is 0. The van der Waals surface area contributed by atoms with Gasteiger partial charge in [0.25, 0.3) is 0 Å². The Morgan fingerprint density at radius 3 is 1.96 bits per heavy atom. The molecule has 118 valence electrons. The highest BCUT2D eigenvalue weighted by Crippen LogP contribution is 2.60. The molecular weight excluding hydrogens is 418 g/mol. The van der Waals surface area contributed by atoms with Crippen molar-refractivity contribution >= 4 is 43.5 Å². The molecule has 1 unspecified atom stereocenters. The number of hydrogen-bond donors (Lipinski definition) is 0. The molecule has 4 rings (SSSR count). The van der Waals surface area contributed by atoms with Crippen LogP contribution in [0.3, 0.4) is 0 Å². The Labute approximate surface area is 153 Å². The van der Waals surface area contributed by atoms with Crippen LogP contribution >= 0.6 is 31.9 Å². The first-order valence-electron chi connectivity index (χ1n) is 7.96. The van der Waals surface area contributed by atoms with Crippen molar-refractivity contribution in [3.63, 3.8) is 0 Å². The maximum absolute atomic E-state index is 13.0. The van der Waals surface area contributed by atoms with Crippen LogP contribution in [0.5, 0.6) is 0 Å². The van der Waals surface area contributed by atoms with Crippen molar-refractivity contribution in [2.24, 2.45) is 5.41 Å². The standard InChI is InChI=1S/C19H17Br2NO/c20-14-5-3-13(4-6-14)17-19(11-1-2-12-19)18(23)22(17)16-9-7-15(21)8-10-16/h3-10,17H,1-2,11-12H2. The lowest BCUT2D eigenvalue weighted by Crippen LogP contribution is -2.62. The second-order valence-corrected chi connectivity index (χ2v) is 8.30. The summed E-state index contributed by atoms with van der Waals surface area (Å²) in [6, 6.07) is 16.6. The van der Waals surface area contributed by atoms with Crippen molar-refractivity contribution < 1.29 is 4.79 Å². The van der Waals surface area contributed by atoms with E-state index in [4.69, 9.17) is 0 Å². The number of β-lactam (4-membered cyclic amide) rings is 1. The van der Waals surface area contributed by atoms with Crippen molar-refractivity contribution in [1.29, 1.82) is 0 Å². The van der Waals surface area contributed by atoms with Gasteiger partial charge in [-0.2, -0.15) is 0 Å². The van der Waals surface area contributed by atoms with Gasteiger partial charge in [-0.1, -0.05) is 56.8 Å². The molecule has 1 aliphatic carbocycles. The molecule has 1 atom stereocenters. The SMILES string of the molecule is O=C1N(c2ccc(Br)cc2)C(c2ccc(Br)cc2)C12CCCC2. The molecule has 2 aromatic carbocycles. The molecule has 1 amide bonds. The van der Waals surface area contributed by atoms with Crippen LogP contribution in [0.15, 0.2) is 57.5 Å². The molecule has 0 bridgehead atoms. The molecule has 0 N–H and O–H groups in total. The smallest absolute Gasteiger partial charge is 0.236 e. The maximum Gasteiger partial charge on any atom is 0.236 e. The van der Waals surface area contributed by atoms with Crippen LogP contribution < -0.4 is 4.90 Å². The lowest BCUT2D eigenvalue weighted by Gasteiger charge is -2.55. The van der Waals surface area contributed by atoms with Crippen molar-refractivity contribution in [1.82, 2.24) is 0 Å². The molecule has 0 aromatic heterocycles. The van der Waals surface area contributed by atoms with Crippen molar-refractivity contribution in [2.45, 2.75) is 31.7 Å². The molecule has 1 saturated heterocycles. The molecule has 1 saturated carbocycles. The highest BCUT2D eigenvalue weighted by Gasteiger charge is 2.62. The third kappa shape index (κ3) is 2.38. The van der Waals surface area contributed by atoms with E-state index in [0.717, 1.165) is 40.3 Å². The van der Waals surface area contributed by atoms with Crippen LogP contribution in [-0.2, 0) is 4.79 Å². The zero-order chi connectivity index (χ0) is 16.0. The first-order valence-corrected chi connectivity index (χ1v) is 9.55. The quantitative estimate of drug-likeness (QED) is 0.542. The van der Waals surface area contributed by atoms with Gasteiger partial charge in [0.2, 0.25) is 5.91 Å². The average Bonchev–Trinajstić information content (AvgIpc) is 3.07. The third-order valence-corrected chi connectivity index (χ3v) is 6.27. The Morgan fingerprint density at radius 2 is 1.39 bits per heavy atom. The minimum Gasteiger partial charge on any atom is -0.303 e. The molecule has 1 spiro atoms. The van der Waals surface area contributed by atoms with Crippen LogP contribution in [-0.4, -0.2) is 5.91 Å². The van der Waals surface area contributed by atoms with Gasteiger partial charge in [-0.05, 0) is 54.8 Å². The van der Waals surface area contributed by atoms with E-state index in [1.165, 1.54) is 5.56 Å². The van der Waals surface area contributed by atoms with Crippen LogP contribution in [0.25, 0.3) is 0 Å². The summed E-state index contributed by atoms with van der Waals surface area (Å²) < 4.78 is 2.10. The summed E-state index contributed by atoms with van der Waals surface area (Å²) >= 11 is 6.97. The minimum absolute atomic E-state index is 0.159. The molecular formula is C19H17Br2NO. The zero-order valence-electron chi connectivity index (χ0n) is 12.6. The number of rotatable bonds is 2. The molecule has 4 heteroatoms. The van der Waals surface area contributed by atoms with Gasteiger partial charge in [0.1, 0.15) is 0 Å². The first-order chi connectivity index (χ1) is 11.1. The molecule has 1 heterocycles. The number of carbonyl (C=O) groups excluding carboxylic acids is 1. The predicted octanol–water partition coefficient (Wildman–Crippen LogP) is 5.86. The fraction of sp³-hybridized carbons (Fsp3) is 0.316.